The highest BCUT2D eigenvalue weighted by Gasteiger charge is 2.29. The van der Waals surface area contributed by atoms with Crippen LogP contribution < -0.4 is 0 Å². The van der Waals surface area contributed by atoms with E-state index in [1.807, 2.05) is 21.7 Å². The van der Waals surface area contributed by atoms with Gasteiger partial charge in [-0.15, -0.1) is 0 Å². The SMILES string of the molecule is Cc1noc(C)c1C(=O)N1CCC[C@@H](Cc2nc(-c3ccsc3)no2)C1. The molecule has 1 aliphatic rings. The fourth-order valence-electron chi connectivity index (χ4n) is 3.46. The van der Waals surface area contributed by atoms with Crippen LogP contribution in [0.15, 0.2) is 25.9 Å². The number of carbonyl (C=O) groups excluding carboxylic acids is 1. The zero-order chi connectivity index (χ0) is 18.1. The maximum atomic E-state index is 12.8. The van der Waals surface area contributed by atoms with Gasteiger partial charge in [-0.3, -0.25) is 4.79 Å². The number of hydrogen-bond donors (Lipinski definition) is 0. The fraction of sp³-hybridized carbons (Fsp3) is 0.444. The molecule has 4 heterocycles. The zero-order valence-electron chi connectivity index (χ0n) is 14.8. The van der Waals surface area contributed by atoms with Gasteiger partial charge in [-0.25, -0.2) is 0 Å². The third-order valence-electron chi connectivity index (χ3n) is 4.76. The van der Waals surface area contributed by atoms with Crippen molar-refractivity contribution in [3.63, 3.8) is 0 Å². The van der Waals surface area contributed by atoms with Crippen molar-refractivity contribution in [2.75, 3.05) is 13.1 Å². The zero-order valence-corrected chi connectivity index (χ0v) is 15.6. The smallest absolute Gasteiger partial charge is 0.259 e. The van der Waals surface area contributed by atoms with Crippen LogP contribution in [0.4, 0.5) is 0 Å². The number of nitrogens with zero attached hydrogens (tertiary/aromatic N) is 4. The second-order valence-corrected chi connectivity index (χ2v) is 7.47. The number of amides is 1. The number of aromatic nitrogens is 3. The summed E-state index contributed by atoms with van der Waals surface area (Å²) in [6, 6.07) is 1.98. The Morgan fingerprint density at radius 3 is 2.96 bits per heavy atom. The minimum absolute atomic E-state index is 0.00422. The molecule has 8 heteroatoms. The molecule has 0 radical (unpaired) electrons. The molecule has 0 N–H and O–H groups in total. The van der Waals surface area contributed by atoms with Gasteiger partial charge in [0.25, 0.3) is 5.91 Å². The summed E-state index contributed by atoms with van der Waals surface area (Å²) in [5.41, 5.74) is 2.21. The van der Waals surface area contributed by atoms with Crippen LogP contribution in [0.2, 0.25) is 0 Å². The lowest BCUT2D eigenvalue weighted by molar-refractivity contribution is 0.0665. The van der Waals surface area contributed by atoms with Crippen LogP contribution in [0.1, 0.15) is 40.5 Å². The average molecular weight is 372 g/mol. The normalized spacial score (nSPS) is 17.6. The highest BCUT2D eigenvalue weighted by atomic mass is 32.1. The largest absolute Gasteiger partial charge is 0.361 e. The van der Waals surface area contributed by atoms with E-state index >= 15 is 0 Å². The van der Waals surface area contributed by atoms with Crippen LogP contribution in [-0.4, -0.2) is 39.2 Å². The summed E-state index contributed by atoms with van der Waals surface area (Å²) in [5, 5.41) is 11.9. The highest BCUT2D eigenvalue weighted by molar-refractivity contribution is 7.08. The summed E-state index contributed by atoms with van der Waals surface area (Å²) in [5.74, 6) is 2.13. The van der Waals surface area contributed by atoms with Gasteiger partial charge in [-0.05, 0) is 44.1 Å². The fourth-order valence-corrected chi connectivity index (χ4v) is 4.09. The van der Waals surface area contributed by atoms with Gasteiger partial charge < -0.3 is 13.9 Å². The molecular formula is C18H20N4O3S. The van der Waals surface area contributed by atoms with Gasteiger partial charge in [-0.1, -0.05) is 10.3 Å². The van der Waals surface area contributed by atoms with Crippen LogP contribution in [0.3, 0.4) is 0 Å². The number of piperidine rings is 1. The summed E-state index contributed by atoms with van der Waals surface area (Å²) >= 11 is 1.61. The second-order valence-electron chi connectivity index (χ2n) is 6.69. The molecule has 0 bridgehead atoms. The molecule has 0 unspecified atom stereocenters. The first-order valence-electron chi connectivity index (χ1n) is 8.69. The predicted molar refractivity (Wildman–Crippen MR) is 95.9 cm³/mol. The van der Waals surface area contributed by atoms with Gasteiger partial charge in [-0.2, -0.15) is 16.3 Å². The third kappa shape index (κ3) is 3.29. The molecule has 0 aliphatic carbocycles. The third-order valence-corrected chi connectivity index (χ3v) is 5.45. The lowest BCUT2D eigenvalue weighted by Crippen LogP contribution is -2.40. The van der Waals surface area contributed by atoms with Crippen LogP contribution >= 0.6 is 11.3 Å². The molecule has 7 nitrogen and oxygen atoms in total. The van der Waals surface area contributed by atoms with Crippen molar-refractivity contribution in [3.05, 3.63) is 39.7 Å². The van der Waals surface area contributed by atoms with E-state index in [2.05, 4.69) is 15.3 Å². The Bertz CT molecular complexity index is 880. The molecule has 1 atom stereocenters. The first-order valence-corrected chi connectivity index (χ1v) is 9.63. The Morgan fingerprint density at radius 2 is 2.23 bits per heavy atom. The van der Waals surface area contributed by atoms with Gasteiger partial charge in [0.05, 0.1) is 5.69 Å². The molecule has 3 aromatic rings. The molecular weight excluding hydrogens is 352 g/mol. The second kappa shape index (κ2) is 7.03. The lowest BCUT2D eigenvalue weighted by atomic mass is 9.94. The van der Waals surface area contributed by atoms with E-state index in [-0.39, 0.29) is 5.91 Å². The number of carbonyl (C=O) groups is 1. The summed E-state index contributed by atoms with van der Waals surface area (Å²) in [6.07, 6.45) is 2.69. The number of rotatable bonds is 4. The van der Waals surface area contributed by atoms with E-state index in [9.17, 15) is 4.79 Å². The Balaban J connectivity index is 1.43. The van der Waals surface area contributed by atoms with Gasteiger partial charge in [0.15, 0.2) is 0 Å². The first kappa shape index (κ1) is 17.0. The van der Waals surface area contributed by atoms with Crippen molar-refractivity contribution in [1.29, 1.82) is 0 Å². The van der Waals surface area contributed by atoms with Crippen molar-refractivity contribution < 1.29 is 13.8 Å². The van der Waals surface area contributed by atoms with Gasteiger partial charge in [0, 0.05) is 30.5 Å². The minimum atomic E-state index is -0.00422. The minimum Gasteiger partial charge on any atom is -0.361 e. The first-order chi connectivity index (χ1) is 12.6. The average Bonchev–Trinajstić information content (AvgIpc) is 3.37. The highest BCUT2D eigenvalue weighted by Crippen LogP contribution is 2.25. The van der Waals surface area contributed by atoms with Crippen molar-refractivity contribution in [2.24, 2.45) is 5.92 Å². The molecule has 26 heavy (non-hydrogen) atoms. The van der Waals surface area contributed by atoms with Gasteiger partial charge in [0.1, 0.15) is 11.3 Å². The van der Waals surface area contributed by atoms with E-state index in [0.717, 1.165) is 24.9 Å². The Kier molecular flexibility index (Phi) is 4.58. The number of likely N-dealkylation sites (tertiary alicyclic amines) is 1. The lowest BCUT2D eigenvalue weighted by Gasteiger charge is -2.32. The van der Waals surface area contributed by atoms with Crippen LogP contribution in [-0.2, 0) is 6.42 Å². The van der Waals surface area contributed by atoms with Gasteiger partial charge in [0.2, 0.25) is 11.7 Å². The Labute approximate surface area is 155 Å². The molecule has 1 saturated heterocycles. The van der Waals surface area contributed by atoms with Crippen LogP contribution in [0.5, 0.6) is 0 Å². The van der Waals surface area contributed by atoms with Crippen LogP contribution in [0.25, 0.3) is 11.4 Å². The summed E-state index contributed by atoms with van der Waals surface area (Å²) in [6.45, 7) is 5.01. The van der Waals surface area contributed by atoms with Crippen molar-refractivity contribution in [2.45, 2.75) is 33.1 Å². The van der Waals surface area contributed by atoms with Crippen molar-refractivity contribution in [1.82, 2.24) is 20.2 Å². The van der Waals surface area contributed by atoms with Gasteiger partial charge >= 0.3 is 0 Å². The Morgan fingerprint density at radius 1 is 1.35 bits per heavy atom. The molecule has 4 rings (SSSR count). The number of aryl methyl sites for hydroxylation is 2. The molecule has 0 spiro atoms. The van der Waals surface area contributed by atoms with E-state index in [1.54, 1.807) is 25.2 Å². The molecule has 3 aromatic heterocycles. The summed E-state index contributed by atoms with van der Waals surface area (Å²) in [4.78, 5) is 19.2. The van der Waals surface area contributed by atoms with E-state index < -0.39 is 0 Å². The molecule has 0 aromatic carbocycles. The molecule has 136 valence electrons. The van der Waals surface area contributed by atoms with E-state index in [1.165, 1.54) is 0 Å². The molecule has 0 saturated carbocycles. The van der Waals surface area contributed by atoms with E-state index in [0.29, 0.717) is 47.6 Å². The summed E-state index contributed by atoms with van der Waals surface area (Å²) in [7, 11) is 0. The maximum Gasteiger partial charge on any atom is 0.259 e. The topological polar surface area (TPSA) is 85.3 Å². The van der Waals surface area contributed by atoms with E-state index in [4.69, 9.17) is 9.05 Å². The monoisotopic (exact) mass is 372 g/mol. The number of thiophene rings is 1. The maximum absolute atomic E-state index is 12.8. The molecule has 1 fully saturated rings. The van der Waals surface area contributed by atoms with Crippen molar-refractivity contribution >= 4 is 17.2 Å². The quantitative estimate of drug-likeness (QED) is 0.697. The Hall–Kier alpha value is -2.48. The molecule has 1 aliphatic heterocycles. The summed E-state index contributed by atoms with van der Waals surface area (Å²) < 4.78 is 10.6. The number of hydrogen-bond acceptors (Lipinski definition) is 7. The molecule has 1 amide bonds. The van der Waals surface area contributed by atoms with Crippen molar-refractivity contribution in [3.8, 4) is 11.4 Å². The standard InChI is InChI=1S/C18H20N4O3S/c1-11-16(12(2)24-20-11)18(23)22-6-3-4-13(9-22)8-15-19-17(21-25-15)14-5-7-26-10-14/h5,7,10,13H,3-4,6,8-9H2,1-2H3/t13-/m0/s1. The predicted octanol–water partition coefficient (Wildman–Crippen LogP) is 3.50. The van der Waals surface area contributed by atoms with Crippen LogP contribution in [0, 0.1) is 19.8 Å².